The van der Waals surface area contributed by atoms with E-state index >= 15 is 0 Å². The van der Waals surface area contributed by atoms with Gasteiger partial charge in [-0.3, -0.25) is 4.79 Å². The van der Waals surface area contributed by atoms with Crippen molar-refractivity contribution in [3.63, 3.8) is 0 Å². The maximum Gasteiger partial charge on any atom is 0.287 e. The van der Waals surface area contributed by atoms with E-state index in [4.69, 9.17) is 0 Å². The summed E-state index contributed by atoms with van der Waals surface area (Å²) in [5.74, 6) is 0. The van der Waals surface area contributed by atoms with Crippen LogP contribution in [-0.4, -0.2) is 16.3 Å². The number of benzene rings is 1. The molecule has 3 nitrogen and oxygen atoms in total. The Balaban J connectivity index is 2.35. The van der Waals surface area contributed by atoms with E-state index in [-0.39, 0.29) is 10.2 Å². The Morgan fingerprint density at radius 3 is 2.82 bits per heavy atom. The summed E-state index contributed by atoms with van der Waals surface area (Å²) in [7, 11) is 0. The van der Waals surface area contributed by atoms with E-state index in [0.717, 1.165) is 5.52 Å². The van der Waals surface area contributed by atoms with Crippen LogP contribution in [0.4, 0.5) is 4.79 Å². The lowest BCUT2D eigenvalue weighted by atomic mass is 9.84. The summed E-state index contributed by atoms with van der Waals surface area (Å²) in [6.45, 7) is 4.83. The molecule has 90 valence electrons. The van der Waals surface area contributed by atoms with Gasteiger partial charge in [0.15, 0.2) is 0 Å². The summed E-state index contributed by atoms with van der Waals surface area (Å²) in [4.78, 5) is 14.0. The molecule has 0 radical (unpaired) electrons. The average molecular weight is 295 g/mol. The first kappa shape index (κ1) is 12.2. The molecular weight excluding hydrogens is 280 g/mol. The van der Waals surface area contributed by atoms with Gasteiger partial charge in [0.2, 0.25) is 0 Å². The van der Waals surface area contributed by atoms with E-state index in [1.54, 1.807) is 0 Å². The molecule has 0 unspecified atom stereocenters. The summed E-state index contributed by atoms with van der Waals surface area (Å²) in [5.41, 5.74) is 2.23. The highest BCUT2D eigenvalue weighted by Crippen LogP contribution is 2.29. The number of halogens is 1. The van der Waals surface area contributed by atoms with Crippen LogP contribution in [0.5, 0.6) is 0 Å². The molecule has 0 aliphatic heterocycles. The molecular formula is C13H15BrN2O. The van der Waals surface area contributed by atoms with Gasteiger partial charge in [0, 0.05) is 45.0 Å². The predicted octanol–water partition coefficient (Wildman–Crippen LogP) is 3.55. The number of carbonyl (C=O) groups is 1. The first-order chi connectivity index (χ1) is 8.00. The van der Waals surface area contributed by atoms with Crippen molar-refractivity contribution in [1.29, 1.82) is 0 Å². The van der Waals surface area contributed by atoms with Gasteiger partial charge in [-0.1, -0.05) is 32.0 Å². The summed E-state index contributed by atoms with van der Waals surface area (Å²) in [5, 5.41) is 4.01. The topological polar surface area (TPSA) is 44.9 Å². The fraction of sp³-hybridized carbons (Fsp3) is 0.308. The fourth-order valence-electron chi connectivity index (χ4n) is 2.02. The van der Waals surface area contributed by atoms with Gasteiger partial charge in [-0.2, -0.15) is 0 Å². The number of hydrogen-bond donors (Lipinski definition) is 2. The Labute approximate surface area is 109 Å². The molecule has 4 heteroatoms. The van der Waals surface area contributed by atoms with Gasteiger partial charge in [0.25, 0.3) is 4.82 Å². The Morgan fingerprint density at radius 1 is 1.41 bits per heavy atom. The van der Waals surface area contributed by atoms with Crippen molar-refractivity contribution >= 4 is 31.6 Å². The van der Waals surface area contributed by atoms with E-state index in [2.05, 4.69) is 52.2 Å². The number of rotatable bonds is 3. The maximum atomic E-state index is 10.9. The van der Waals surface area contributed by atoms with Crippen LogP contribution in [0.1, 0.15) is 19.4 Å². The Bertz CT molecular complexity index is 545. The maximum absolute atomic E-state index is 10.9. The first-order valence-electron chi connectivity index (χ1n) is 5.50. The molecule has 1 aromatic heterocycles. The van der Waals surface area contributed by atoms with Crippen LogP contribution in [0.15, 0.2) is 30.5 Å². The van der Waals surface area contributed by atoms with Crippen LogP contribution >= 0.6 is 15.9 Å². The third-order valence-electron chi connectivity index (χ3n) is 2.99. The van der Waals surface area contributed by atoms with Gasteiger partial charge in [-0.25, -0.2) is 0 Å². The molecule has 0 saturated carbocycles. The lowest BCUT2D eigenvalue weighted by Gasteiger charge is -2.24. The molecule has 1 amide bonds. The van der Waals surface area contributed by atoms with Gasteiger partial charge in [-0.05, 0) is 11.6 Å². The minimum atomic E-state index is -0.176. The van der Waals surface area contributed by atoms with Gasteiger partial charge in [0.1, 0.15) is 0 Å². The lowest BCUT2D eigenvalue weighted by Crippen LogP contribution is -2.33. The molecule has 0 aliphatic rings. The highest BCUT2D eigenvalue weighted by molar-refractivity contribution is 9.18. The summed E-state index contributed by atoms with van der Waals surface area (Å²) in [6.07, 6.45) is 2.02. The zero-order chi connectivity index (χ0) is 12.5. The smallest absolute Gasteiger partial charge is 0.287 e. The molecule has 2 N–H and O–H groups in total. The van der Waals surface area contributed by atoms with Crippen LogP contribution in [0.3, 0.4) is 0 Å². The van der Waals surface area contributed by atoms with Crippen molar-refractivity contribution in [2.45, 2.75) is 19.3 Å². The summed E-state index contributed by atoms with van der Waals surface area (Å²) in [6, 6.07) is 8.19. The van der Waals surface area contributed by atoms with E-state index < -0.39 is 0 Å². The molecule has 0 saturated heterocycles. The molecule has 0 aliphatic carbocycles. The molecule has 17 heavy (non-hydrogen) atoms. The average Bonchev–Trinajstić information content (AvgIpc) is 2.71. The van der Waals surface area contributed by atoms with Crippen molar-refractivity contribution in [2.75, 3.05) is 6.54 Å². The first-order valence-corrected chi connectivity index (χ1v) is 6.30. The minimum absolute atomic E-state index is 0.108. The second-order valence-corrected chi connectivity index (χ2v) is 5.48. The van der Waals surface area contributed by atoms with Crippen LogP contribution in [0.25, 0.3) is 10.9 Å². The normalized spacial score (nSPS) is 11.7. The van der Waals surface area contributed by atoms with Crippen molar-refractivity contribution in [1.82, 2.24) is 10.3 Å². The number of para-hydroxylation sites is 1. The number of hydrogen-bond acceptors (Lipinski definition) is 1. The largest absolute Gasteiger partial charge is 0.361 e. The van der Waals surface area contributed by atoms with Crippen molar-refractivity contribution in [2.24, 2.45) is 0 Å². The second kappa shape index (κ2) is 4.53. The molecule has 1 heterocycles. The number of fused-ring (bicyclic) bond motifs is 1. The number of amides is 1. The number of aromatic nitrogens is 1. The van der Waals surface area contributed by atoms with E-state index in [1.165, 1.54) is 10.9 Å². The zero-order valence-electron chi connectivity index (χ0n) is 9.88. The molecule has 1 aromatic carbocycles. The lowest BCUT2D eigenvalue weighted by molar-refractivity contribution is 0.259. The van der Waals surface area contributed by atoms with Gasteiger partial charge in [-0.15, -0.1) is 0 Å². The number of carbonyl (C=O) groups excluding carboxylic acids is 1. The standard InChI is InChI=1S/C13H15BrN2O/c1-13(2,8-16-12(14)17)10-7-15-11-6-4-3-5-9(10)11/h3-7,15H,8H2,1-2H3,(H,16,17). The van der Waals surface area contributed by atoms with Crippen molar-refractivity contribution < 1.29 is 4.79 Å². The molecule has 0 bridgehead atoms. The Morgan fingerprint density at radius 2 is 2.12 bits per heavy atom. The predicted molar refractivity (Wildman–Crippen MR) is 73.7 cm³/mol. The molecule has 2 aromatic rings. The molecule has 0 atom stereocenters. The molecule has 0 fully saturated rings. The van der Waals surface area contributed by atoms with E-state index in [0.29, 0.717) is 6.54 Å². The third-order valence-corrected chi connectivity index (χ3v) is 3.27. The SMILES string of the molecule is CC(C)(CNC(=O)Br)c1c[nH]c2ccccc12. The highest BCUT2D eigenvalue weighted by Gasteiger charge is 2.24. The van der Waals surface area contributed by atoms with Crippen LogP contribution in [0.2, 0.25) is 0 Å². The number of H-pyrrole nitrogens is 1. The Kier molecular flexibility index (Phi) is 3.24. The summed E-state index contributed by atoms with van der Waals surface area (Å²) < 4.78 is 0. The van der Waals surface area contributed by atoms with Crippen LogP contribution < -0.4 is 5.32 Å². The third kappa shape index (κ3) is 2.52. The van der Waals surface area contributed by atoms with Gasteiger partial charge < -0.3 is 10.3 Å². The Hall–Kier alpha value is -1.29. The fourth-order valence-corrected chi connectivity index (χ4v) is 2.16. The molecule has 0 spiro atoms. The molecule has 2 rings (SSSR count). The number of nitrogens with one attached hydrogen (secondary N) is 2. The van der Waals surface area contributed by atoms with Crippen molar-refractivity contribution in [3.05, 3.63) is 36.0 Å². The highest BCUT2D eigenvalue weighted by atomic mass is 79.9. The van der Waals surface area contributed by atoms with Crippen LogP contribution in [0, 0.1) is 0 Å². The summed E-state index contributed by atoms with van der Waals surface area (Å²) >= 11 is 2.88. The minimum Gasteiger partial charge on any atom is -0.361 e. The zero-order valence-corrected chi connectivity index (χ0v) is 11.5. The van der Waals surface area contributed by atoms with Gasteiger partial charge >= 0.3 is 0 Å². The van der Waals surface area contributed by atoms with E-state index in [9.17, 15) is 4.79 Å². The second-order valence-electron chi connectivity index (χ2n) is 4.76. The van der Waals surface area contributed by atoms with Gasteiger partial charge in [0.05, 0.1) is 0 Å². The van der Waals surface area contributed by atoms with Crippen LogP contribution in [-0.2, 0) is 5.41 Å². The monoisotopic (exact) mass is 294 g/mol. The number of aromatic amines is 1. The van der Waals surface area contributed by atoms with E-state index in [1.807, 2.05) is 18.3 Å². The van der Waals surface area contributed by atoms with Crippen molar-refractivity contribution in [3.8, 4) is 0 Å². The quantitative estimate of drug-likeness (QED) is 0.660.